The lowest BCUT2D eigenvalue weighted by molar-refractivity contribution is -0.121. The van der Waals surface area contributed by atoms with Crippen LogP contribution < -0.4 is 16.0 Å². The van der Waals surface area contributed by atoms with Gasteiger partial charge in [-0.1, -0.05) is 6.92 Å². The van der Waals surface area contributed by atoms with Gasteiger partial charge in [0.2, 0.25) is 5.91 Å². The molecule has 0 aliphatic carbocycles. The summed E-state index contributed by atoms with van der Waals surface area (Å²) in [5.74, 6) is -0.315. The van der Waals surface area contributed by atoms with Crippen LogP contribution in [0.25, 0.3) is 0 Å². The lowest BCUT2D eigenvalue weighted by Gasteiger charge is -2.17. The monoisotopic (exact) mass is 201 g/mol. The highest BCUT2D eigenvalue weighted by atomic mass is 16.2. The van der Waals surface area contributed by atoms with Gasteiger partial charge in [-0.2, -0.15) is 0 Å². The van der Waals surface area contributed by atoms with Crippen LogP contribution in [0.15, 0.2) is 0 Å². The minimum atomic E-state index is -0.479. The van der Waals surface area contributed by atoms with Crippen molar-refractivity contribution in [1.29, 1.82) is 0 Å². The first-order valence-corrected chi connectivity index (χ1v) is 4.79. The van der Waals surface area contributed by atoms with E-state index in [2.05, 4.69) is 16.0 Å². The van der Waals surface area contributed by atoms with Gasteiger partial charge in [0.25, 0.3) is 0 Å². The van der Waals surface area contributed by atoms with E-state index in [-0.39, 0.29) is 18.0 Å². The second-order valence-electron chi connectivity index (χ2n) is 3.27. The Morgan fingerprint density at radius 3 is 2.29 bits per heavy atom. The summed E-state index contributed by atoms with van der Waals surface area (Å²) in [6.07, 6.45) is 0.942. The molecule has 3 N–H and O–H groups in total. The molecule has 0 saturated heterocycles. The Kier molecular flexibility index (Phi) is 5.87. The lowest BCUT2D eigenvalue weighted by atomic mass is 10.2. The second-order valence-corrected chi connectivity index (χ2v) is 3.27. The van der Waals surface area contributed by atoms with E-state index in [4.69, 9.17) is 0 Å². The fraction of sp³-hybridized carbons (Fsp3) is 0.778. The molecule has 2 unspecified atom stereocenters. The third-order valence-corrected chi connectivity index (χ3v) is 2.00. The van der Waals surface area contributed by atoms with E-state index in [1.807, 2.05) is 13.8 Å². The normalized spacial score (nSPS) is 14.3. The fourth-order valence-electron chi connectivity index (χ4n) is 0.903. The Bertz CT molecular complexity index is 206. The van der Waals surface area contributed by atoms with Crippen molar-refractivity contribution in [2.75, 3.05) is 7.05 Å². The van der Waals surface area contributed by atoms with E-state index in [1.165, 1.54) is 7.05 Å². The quantitative estimate of drug-likeness (QED) is 0.609. The van der Waals surface area contributed by atoms with Crippen molar-refractivity contribution in [2.45, 2.75) is 39.3 Å². The zero-order chi connectivity index (χ0) is 11.1. The van der Waals surface area contributed by atoms with Gasteiger partial charge in [0.15, 0.2) is 0 Å². The van der Waals surface area contributed by atoms with Crippen molar-refractivity contribution < 1.29 is 9.59 Å². The average Bonchev–Trinajstić information content (AvgIpc) is 2.17. The van der Waals surface area contributed by atoms with Crippen LogP contribution >= 0.6 is 0 Å². The smallest absolute Gasteiger partial charge is 0.321 e. The van der Waals surface area contributed by atoms with Gasteiger partial charge in [-0.25, -0.2) is 4.79 Å². The van der Waals surface area contributed by atoms with Gasteiger partial charge in [0, 0.05) is 13.1 Å². The molecule has 0 bridgehead atoms. The van der Waals surface area contributed by atoms with Crippen LogP contribution in [0, 0.1) is 0 Å². The van der Waals surface area contributed by atoms with Crippen molar-refractivity contribution in [1.82, 2.24) is 16.0 Å². The van der Waals surface area contributed by atoms with Crippen molar-refractivity contribution in [2.24, 2.45) is 0 Å². The third-order valence-electron chi connectivity index (χ3n) is 2.00. The Labute approximate surface area is 84.6 Å². The minimum absolute atomic E-state index is 0.264. The van der Waals surface area contributed by atoms with Crippen LogP contribution in [0.1, 0.15) is 27.2 Å². The predicted molar refractivity (Wildman–Crippen MR) is 54.9 cm³/mol. The van der Waals surface area contributed by atoms with Gasteiger partial charge < -0.3 is 10.6 Å². The van der Waals surface area contributed by atoms with E-state index in [0.717, 1.165) is 6.42 Å². The minimum Gasteiger partial charge on any atom is -0.341 e. The molecule has 0 rings (SSSR count). The van der Waals surface area contributed by atoms with Crippen LogP contribution in [0.3, 0.4) is 0 Å². The van der Waals surface area contributed by atoms with E-state index < -0.39 is 6.03 Å². The van der Waals surface area contributed by atoms with Crippen LogP contribution in [-0.4, -0.2) is 31.1 Å². The summed E-state index contributed by atoms with van der Waals surface area (Å²) in [6, 6.07) is -0.574. The second kappa shape index (κ2) is 6.37. The Balaban J connectivity index is 3.93. The molecule has 0 aliphatic heterocycles. The van der Waals surface area contributed by atoms with Crippen molar-refractivity contribution >= 4 is 11.9 Å². The summed E-state index contributed by atoms with van der Waals surface area (Å²) in [7, 11) is 1.47. The number of hydrogen-bond donors (Lipinski definition) is 3. The molecule has 0 aromatic carbocycles. The molecule has 0 spiro atoms. The Morgan fingerprint density at radius 2 is 1.86 bits per heavy atom. The number of amides is 3. The predicted octanol–water partition coefficient (Wildman–Crippen LogP) is 0.219. The molecule has 3 amide bonds. The zero-order valence-corrected chi connectivity index (χ0v) is 9.18. The van der Waals surface area contributed by atoms with Crippen molar-refractivity contribution in [3.8, 4) is 0 Å². The number of carbonyl (C=O) groups excluding carboxylic acids is 2. The summed E-state index contributed by atoms with van der Waals surface area (Å²) in [4.78, 5) is 22.1. The standard InChI is InChI=1S/C9H19N3O2/c1-5-6(2)11-7(3)8(13)12-9(14)10-4/h6-7,11H,5H2,1-4H3,(H2,10,12,13,14). The van der Waals surface area contributed by atoms with Gasteiger partial charge >= 0.3 is 6.03 Å². The van der Waals surface area contributed by atoms with Crippen LogP contribution in [-0.2, 0) is 4.79 Å². The van der Waals surface area contributed by atoms with Crippen molar-refractivity contribution in [3.63, 3.8) is 0 Å². The third kappa shape index (κ3) is 4.81. The number of imide groups is 1. The summed E-state index contributed by atoms with van der Waals surface area (Å²) in [5, 5.41) is 7.59. The average molecular weight is 201 g/mol. The summed E-state index contributed by atoms with van der Waals surface area (Å²) in [6.45, 7) is 5.75. The first-order chi connectivity index (χ1) is 6.51. The Hall–Kier alpha value is -1.10. The highest BCUT2D eigenvalue weighted by Crippen LogP contribution is 1.91. The maximum Gasteiger partial charge on any atom is 0.321 e. The van der Waals surface area contributed by atoms with Crippen LogP contribution in [0.5, 0.6) is 0 Å². The molecule has 14 heavy (non-hydrogen) atoms. The molecule has 5 heteroatoms. The molecule has 0 saturated carbocycles. The molecule has 2 atom stereocenters. The Morgan fingerprint density at radius 1 is 1.29 bits per heavy atom. The fourth-order valence-corrected chi connectivity index (χ4v) is 0.903. The van der Waals surface area contributed by atoms with Gasteiger partial charge in [-0.15, -0.1) is 0 Å². The SMILES string of the molecule is CCC(C)NC(C)C(=O)NC(=O)NC. The van der Waals surface area contributed by atoms with Crippen LogP contribution in [0.2, 0.25) is 0 Å². The molecule has 5 nitrogen and oxygen atoms in total. The lowest BCUT2D eigenvalue weighted by Crippen LogP contribution is -2.49. The van der Waals surface area contributed by atoms with Gasteiger partial charge in [-0.05, 0) is 20.3 Å². The first kappa shape index (κ1) is 12.9. The van der Waals surface area contributed by atoms with Gasteiger partial charge in [-0.3, -0.25) is 10.1 Å². The zero-order valence-electron chi connectivity index (χ0n) is 9.18. The van der Waals surface area contributed by atoms with E-state index in [1.54, 1.807) is 6.92 Å². The number of hydrogen-bond acceptors (Lipinski definition) is 3. The molecule has 0 fully saturated rings. The van der Waals surface area contributed by atoms with Gasteiger partial charge in [0.05, 0.1) is 6.04 Å². The first-order valence-electron chi connectivity index (χ1n) is 4.79. The number of nitrogens with one attached hydrogen (secondary N) is 3. The van der Waals surface area contributed by atoms with Gasteiger partial charge in [0.1, 0.15) is 0 Å². The molecular weight excluding hydrogens is 182 g/mol. The molecule has 0 heterocycles. The number of urea groups is 1. The highest BCUT2D eigenvalue weighted by molar-refractivity contribution is 5.96. The summed E-state index contributed by atoms with van der Waals surface area (Å²) in [5.41, 5.74) is 0. The molecular formula is C9H19N3O2. The largest absolute Gasteiger partial charge is 0.341 e. The maximum atomic E-state index is 11.3. The topological polar surface area (TPSA) is 70.2 Å². The van der Waals surface area contributed by atoms with E-state index in [0.29, 0.717) is 0 Å². The molecule has 0 aliphatic rings. The number of carbonyl (C=O) groups is 2. The van der Waals surface area contributed by atoms with E-state index in [9.17, 15) is 9.59 Å². The summed E-state index contributed by atoms with van der Waals surface area (Å²) < 4.78 is 0. The molecule has 0 aromatic rings. The molecule has 0 aromatic heterocycles. The summed E-state index contributed by atoms with van der Waals surface area (Å²) >= 11 is 0. The number of rotatable bonds is 4. The van der Waals surface area contributed by atoms with Crippen LogP contribution in [0.4, 0.5) is 4.79 Å². The van der Waals surface area contributed by atoms with E-state index >= 15 is 0 Å². The molecule has 82 valence electrons. The van der Waals surface area contributed by atoms with Crippen molar-refractivity contribution in [3.05, 3.63) is 0 Å². The highest BCUT2D eigenvalue weighted by Gasteiger charge is 2.15. The maximum absolute atomic E-state index is 11.3. The molecule has 0 radical (unpaired) electrons.